The molecule has 0 saturated heterocycles. The van der Waals surface area contributed by atoms with Crippen molar-refractivity contribution in [2.24, 2.45) is 0 Å². The van der Waals surface area contributed by atoms with Crippen molar-refractivity contribution in [3.63, 3.8) is 0 Å². The maximum absolute atomic E-state index is 12.5. The van der Waals surface area contributed by atoms with Gasteiger partial charge < -0.3 is 19.5 Å². The first kappa shape index (κ1) is 16.8. The summed E-state index contributed by atoms with van der Waals surface area (Å²) in [6, 6.07) is 4.25. The number of carbonyl (C=O) groups excluding carboxylic acids is 2. The molecule has 0 aliphatic carbocycles. The largest absolute Gasteiger partial charge is 0.481 e. The predicted molar refractivity (Wildman–Crippen MR) is 80.6 cm³/mol. The summed E-state index contributed by atoms with van der Waals surface area (Å²) in [4.78, 5) is 36.3. The van der Waals surface area contributed by atoms with Gasteiger partial charge in [0, 0.05) is 25.5 Å². The van der Waals surface area contributed by atoms with Crippen molar-refractivity contribution < 1.29 is 29.0 Å². The minimum absolute atomic E-state index is 0.0654. The van der Waals surface area contributed by atoms with Gasteiger partial charge in [-0.25, -0.2) is 0 Å². The topological polar surface area (TPSA) is 93.1 Å². The van der Waals surface area contributed by atoms with Crippen molar-refractivity contribution in [2.75, 3.05) is 13.8 Å². The van der Waals surface area contributed by atoms with Gasteiger partial charge in [0.25, 0.3) is 0 Å². The summed E-state index contributed by atoms with van der Waals surface area (Å²) in [6.45, 7) is 1.77. The fraction of sp³-hybridized carbons (Fsp3) is 0.438. The van der Waals surface area contributed by atoms with Crippen LogP contribution in [0.3, 0.4) is 0 Å². The van der Waals surface area contributed by atoms with Crippen LogP contribution in [0.1, 0.15) is 36.5 Å². The first-order valence-electron chi connectivity index (χ1n) is 7.31. The van der Waals surface area contributed by atoms with Crippen LogP contribution in [0.25, 0.3) is 0 Å². The highest BCUT2D eigenvalue weighted by molar-refractivity contribution is 6.02. The Morgan fingerprint density at radius 1 is 1.22 bits per heavy atom. The summed E-state index contributed by atoms with van der Waals surface area (Å²) < 4.78 is 10.4. The van der Waals surface area contributed by atoms with Crippen LogP contribution in [0.5, 0.6) is 11.5 Å². The molecule has 1 N–H and O–H groups in total. The Morgan fingerprint density at radius 2 is 1.91 bits per heavy atom. The standard InChI is InChI=1S/C16H19NO6/c1-10(17(2)14(18)4-3-5-15(19)20)16(21)11-6-7-12-13(8-11)23-9-22-12/h6-8,10H,3-5,9H2,1-2H3,(H,19,20)/t10-/m1/s1. The summed E-state index contributed by atoms with van der Waals surface area (Å²) in [5, 5.41) is 8.59. The van der Waals surface area contributed by atoms with E-state index in [0.29, 0.717) is 17.1 Å². The first-order valence-corrected chi connectivity index (χ1v) is 7.31. The lowest BCUT2D eigenvalue weighted by atomic mass is 10.0. The third-order valence-corrected chi connectivity index (χ3v) is 3.79. The number of likely N-dealkylation sites (N-methyl/N-ethyl adjacent to an activating group) is 1. The maximum atomic E-state index is 12.5. The smallest absolute Gasteiger partial charge is 0.303 e. The van der Waals surface area contributed by atoms with Crippen molar-refractivity contribution in [1.82, 2.24) is 4.90 Å². The van der Waals surface area contributed by atoms with E-state index in [4.69, 9.17) is 14.6 Å². The Labute approximate surface area is 133 Å². The molecule has 1 aromatic rings. The molecule has 0 fully saturated rings. The number of carboxylic acids is 1. The van der Waals surface area contributed by atoms with Gasteiger partial charge in [0.2, 0.25) is 12.7 Å². The Balaban J connectivity index is 1.98. The summed E-state index contributed by atoms with van der Waals surface area (Å²) in [5.41, 5.74) is 0.437. The van der Waals surface area contributed by atoms with Gasteiger partial charge >= 0.3 is 5.97 Å². The van der Waals surface area contributed by atoms with E-state index in [1.807, 2.05) is 0 Å². The SMILES string of the molecule is C[C@H](C(=O)c1ccc2c(c1)OCO2)N(C)C(=O)CCCC(=O)O. The zero-order chi connectivity index (χ0) is 17.0. The van der Waals surface area contributed by atoms with Gasteiger partial charge in [-0.2, -0.15) is 0 Å². The Bertz CT molecular complexity index is 627. The molecule has 124 valence electrons. The molecule has 0 radical (unpaired) electrons. The molecule has 0 spiro atoms. The van der Waals surface area contributed by atoms with Gasteiger partial charge in [-0.3, -0.25) is 14.4 Å². The second-order valence-electron chi connectivity index (χ2n) is 5.36. The molecule has 7 heteroatoms. The molecule has 0 bridgehead atoms. The van der Waals surface area contributed by atoms with E-state index in [-0.39, 0.29) is 37.7 Å². The maximum Gasteiger partial charge on any atom is 0.303 e. The van der Waals surface area contributed by atoms with Gasteiger partial charge in [-0.1, -0.05) is 0 Å². The van der Waals surface area contributed by atoms with E-state index in [2.05, 4.69) is 0 Å². The van der Waals surface area contributed by atoms with Crippen LogP contribution in [-0.4, -0.2) is 47.5 Å². The number of benzene rings is 1. The third kappa shape index (κ3) is 4.00. The van der Waals surface area contributed by atoms with Crippen molar-refractivity contribution in [2.45, 2.75) is 32.2 Å². The lowest BCUT2D eigenvalue weighted by Gasteiger charge is -2.24. The Hall–Kier alpha value is -2.57. The predicted octanol–water partition coefficient (Wildman–Crippen LogP) is 1.70. The average Bonchev–Trinajstić information content (AvgIpc) is 2.99. The lowest BCUT2D eigenvalue weighted by molar-refractivity contribution is -0.137. The number of fused-ring (bicyclic) bond motifs is 1. The molecule has 0 saturated carbocycles. The fourth-order valence-electron chi connectivity index (χ4n) is 2.25. The fourth-order valence-corrected chi connectivity index (χ4v) is 2.25. The molecule has 1 aromatic carbocycles. The summed E-state index contributed by atoms with van der Waals surface area (Å²) in [7, 11) is 1.54. The summed E-state index contributed by atoms with van der Waals surface area (Å²) in [6.07, 6.45) is 0.287. The minimum atomic E-state index is -0.940. The van der Waals surface area contributed by atoms with Gasteiger partial charge in [0.1, 0.15) is 0 Å². The number of aliphatic carboxylic acids is 1. The van der Waals surface area contributed by atoms with Gasteiger partial charge in [0.15, 0.2) is 17.3 Å². The number of carboxylic acid groups (broad SMARTS) is 1. The Kier molecular flexibility index (Phi) is 5.20. The number of carbonyl (C=O) groups is 3. The zero-order valence-electron chi connectivity index (χ0n) is 13.1. The minimum Gasteiger partial charge on any atom is -0.481 e. The first-order chi connectivity index (χ1) is 10.9. The van der Waals surface area contributed by atoms with E-state index in [1.165, 1.54) is 4.90 Å². The van der Waals surface area contributed by atoms with Gasteiger partial charge in [-0.15, -0.1) is 0 Å². The molecule has 23 heavy (non-hydrogen) atoms. The van der Waals surface area contributed by atoms with Crippen molar-refractivity contribution >= 4 is 17.7 Å². The molecule has 1 atom stereocenters. The molecule has 1 aliphatic rings. The number of ether oxygens (including phenoxy) is 2. The zero-order valence-corrected chi connectivity index (χ0v) is 13.1. The molecule has 1 aliphatic heterocycles. The molecular formula is C16H19NO6. The van der Waals surface area contributed by atoms with Crippen molar-refractivity contribution in [3.05, 3.63) is 23.8 Å². The van der Waals surface area contributed by atoms with Crippen LogP contribution in [-0.2, 0) is 9.59 Å². The van der Waals surface area contributed by atoms with Crippen LogP contribution >= 0.6 is 0 Å². The molecule has 0 unspecified atom stereocenters. The summed E-state index contributed by atoms with van der Waals surface area (Å²) >= 11 is 0. The van der Waals surface area contributed by atoms with Crippen LogP contribution in [0, 0.1) is 0 Å². The molecule has 1 heterocycles. The number of nitrogens with zero attached hydrogens (tertiary/aromatic N) is 1. The van der Waals surface area contributed by atoms with Crippen molar-refractivity contribution in [3.8, 4) is 11.5 Å². The van der Waals surface area contributed by atoms with E-state index < -0.39 is 12.0 Å². The van der Waals surface area contributed by atoms with Crippen LogP contribution in [0.15, 0.2) is 18.2 Å². The quantitative estimate of drug-likeness (QED) is 0.768. The summed E-state index contributed by atoms with van der Waals surface area (Å²) in [5.74, 6) is -0.305. The second-order valence-corrected chi connectivity index (χ2v) is 5.36. The van der Waals surface area contributed by atoms with E-state index in [9.17, 15) is 14.4 Å². The Morgan fingerprint density at radius 3 is 2.61 bits per heavy atom. The lowest BCUT2D eigenvalue weighted by Crippen LogP contribution is -2.40. The highest BCUT2D eigenvalue weighted by atomic mass is 16.7. The molecule has 1 amide bonds. The van der Waals surface area contributed by atoms with Crippen molar-refractivity contribution in [1.29, 1.82) is 0 Å². The molecular weight excluding hydrogens is 302 g/mol. The van der Waals surface area contributed by atoms with Gasteiger partial charge in [0.05, 0.1) is 6.04 Å². The number of hydrogen-bond acceptors (Lipinski definition) is 5. The van der Waals surface area contributed by atoms with Crippen LogP contribution in [0.4, 0.5) is 0 Å². The monoisotopic (exact) mass is 321 g/mol. The number of Topliss-reactive ketones (excluding diaryl/α,β-unsaturated/α-hetero) is 1. The van der Waals surface area contributed by atoms with E-state index in [0.717, 1.165) is 0 Å². The van der Waals surface area contributed by atoms with Crippen LogP contribution < -0.4 is 9.47 Å². The van der Waals surface area contributed by atoms with Gasteiger partial charge in [-0.05, 0) is 31.5 Å². The normalized spacial score (nSPS) is 13.5. The van der Waals surface area contributed by atoms with E-state index >= 15 is 0 Å². The molecule has 2 rings (SSSR count). The molecule has 0 aromatic heterocycles. The highest BCUT2D eigenvalue weighted by Crippen LogP contribution is 2.32. The third-order valence-electron chi connectivity index (χ3n) is 3.79. The number of ketones is 1. The number of amides is 1. The highest BCUT2D eigenvalue weighted by Gasteiger charge is 2.25. The van der Waals surface area contributed by atoms with Crippen LogP contribution in [0.2, 0.25) is 0 Å². The van der Waals surface area contributed by atoms with E-state index in [1.54, 1.807) is 32.2 Å². The number of hydrogen-bond donors (Lipinski definition) is 1. The number of rotatable bonds is 7. The second kappa shape index (κ2) is 7.13. The average molecular weight is 321 g/mol. The molecule has 7 nitrogen and oxygen atoms in total.